The fourth-order valence-corrected chi connectivity index (χ4v) is 5.39. The summed E-state index contributed by atoms with van der Waals surface area (Å²) < 4.78 is 20.2. The summed E-state index contributed by atoms with van der Waals surface area (Å²) in [4.78, 5) is 30.7. The van der Waals surface area contributed by atoms with E-state index in [1.54, 1.807) is 18.5 Å². The molecule has 0 atom stereocenters. The lowest BCUT2D eigenvalue weighted by molar-refractivity contribution is -0.140. The number of hydrogen-bond acceptors (Lipinski definition) is 8. The van der Waals surface area contributed by atoms with Crippen LogP contribution in [0.1, 0.15) is 43.2 Å². The number of aromatic nitrogens is 2. The fourth-order valence-electron chi connectivity index (χ4n) is 5.39. The molecule has 0 radical (unpaired) electrons. The number of halogens is 1. The number of anilines is 1. The summed E-state index contributed by atoms with van der Waals surface area (Å²) in [5.74, 6) is 0.844. The average Bonchev–Trinajstić information content (AvgIpc) is 2.87. The minimum Gasteiger partial charge on any atom is -0.486 e. The van der Waals surface area contributed by atoms with Gasteiger partial charge in [0.25, 0.3) is 0 Å². The van der Waals surface area contributed by atoms with E-state index in [1.807, 2.05) is 4.90 Å². The van der Waals surface area contributed by atoms with E-state index in [2.05, 4.69) is 20.0 Å². The zero-order chi connectivity index (χ0) is 24.4. The van der Waals surface area contributed by atoms with Crippen LogP contribution in [0.5, 0.6) is 5.75 Å². The summed E-state index contributed by atoms with van der Waals surface area (Å²) in [5.41, 5.74) is 7.45. The molecule has 2 aromatic rings. The Morgan fingerprint density at radius 3 is 2.63 bits per heavy atom. The van der Waals surface area contributed by atoms with Gasteiger partial charge in [-0.05, 0) is 44.1 Å². The zero-order valence-corrected chi connectivity index (χ0v) is 20.0. The minimum atomic E-state index is -0.455. The molecule has 1 spiro atoms. The van der Waals surface area contributed by atoms with Crippen LogP contribution in [0.15, 0.2) is 35.7 Å². The van der Waals surface area contributed by atoms with E-state index >= 15 is 0 Å². The van der Waals surface area contributed by atoms with Gasteiger partial charge in [0.15, 0.2) is 0 Å². The van der Waals surface area contributed by atoms with Gasteiger partial charge in [-0.2, -0.15) is 0 Å². The van der Waals surface area contributed by atoms with Crippen LogP contribution < -0.4 is 10.5 Å². The van der Waals surface area contributed by atoms with Crippen LogP contribution in [-0.2, 0) is 16.2 Å². The average molecular weight is 483 g/mol. The van der Waals surface area contributed by atoms with E-state index < -0.39 is 5.60 Å². The number of ether oxygens (including phenoxy) is 1. The van der Waals surface area contributed by atoms with Crippen LogP contribution in [0, 0.1) is 11.7 Å². The highest BCUT2D eigenvalue weighted by Crippen LogP contribution is 2.40. The number of nitrogens with two attached hydrogens (primary N) is 1. The van der Waals surface area contributed by atoms with E-state index in [-0.39, 0.29) is 23.6 Å². The van der Waals surface area contributed by atoms with E-state index in [1.165, 1.54) is 19.2 Å². The van der Waals surface area contributed by atoms with Crippen LogP contribution in [0.2, 0.25) is 0 Å². The maximum Gasteiger partial charge on any atom is 0.225 e. The molecule has 9 nitrogen and oxygen atoms in total. The van der Waals surface area contributed by atoms with E-state index in [0.29, 0.717) is 49.4 Å². The number of nitrogens with zero attached hydrogens (tertiary/aromatic N) is 5. The van der Waals surface area contributed by atoms with Gasteiger partial charge < -0.3 is 20.2 Å². The topological polar surface area (TPSA) is 106 Å². The number of piperidine rings is 2. The molecule has 2 N–H and O–H groups in total. The van der Waals surface area contributed by atoms with Crippen molar-refractivity contribution in [3.8, 4) is 5.75 Å². The van der Waals surface area contributed by atoms with Gasteiger partial charge in [0.1, 0.15) is 24.3 Å². The van der Waals surface area contributed by atoms with Crippen molar-refractivity contribution in [3.05, 3.63) is 47.5 Å². The summed E-state index contributed by atoms with van der Waals surface area (Å²) in [6, 6.07) is 4.48. The van der Waals surface area contributed by atoms with Gasteiger partial charge in [-0.15, -0.1) is 0 Å². The number of likely N-dealkylation sites (tertiary alicyclic amines) is 2. The lowest BCUT2D eigenvalue weighted by Crippen LogP contribution is -2.54. The Bertz CT molecular complexity index is 1090. The largest absolute Gasteiger partial charge is 0.486 e. The summed E-state index contributed by atoms with van der Waals surface area (Å²) in [5, 5.41) is 4.16. The first kappa shape index (κ1) is 23.5. The van der Waals surface area contributed by atoms with Crippen molar-refractivity contribution >= 4 is 17.6 Å². The normalized spacial score (nSPS) is 21.5. The molecule has 5 rings (SSSR count). The molecule has 2 saturated heterocycles. The van der Waals surface area contributed by atoms with Crippen LogP contribution in [0.25, 0.3) is 0 Å². The predicted octanol–water partition coefficient (Wildman–Crippen LogP) is 2.60. The number of carbonyl (C=O) groups excluding carboxylic acids is 1. The molecular formula is C25H31FN6O3. The van der Waals surface area contributed by atoms with Gasteiger partial charge in [-0.25, -0.2) is 14.4 Å². The zero-order valence-electron chi connectivity index (χ0n) is 20.0. The molecule has 1 aromatic heterocycles. The monoisotopic (exact) mass is 482 g/mol. The standard InChI is InChI=1S/C25H31FN6O3/c1-34-30-21-13-25(35-22-3-2-19(26)12-20(21)22)6-10-32(11-7-25)23(33)18-4-8-31(9-5-18)16-17-14-28-24(27)29-15-17/h2-3,12,14-15,18H,4-11,13,16H2,1H3,(H2,27,28,29)/b30-21+. The molecule has 35 heavy (non-hydrogen) atoms. The quantitative estimate of drug-likeness (QED) is 0.668. The van der Waals surface area contributed by atoms with Crippen molar-refractivity contribution in [3.63, 3.8) is 0 Å². The van der Waals surface area contributed by atoms with Gasteiger partial charge in [-0.3, -0.25) is 9.69 Å². The van der Waals surface area contributed by atoms with Crippen molar-refractivity contribution < 1.29 is 18.8 Å². The molecule has 0 aliphatic carbocycles. The molecule has 2 fully saturated rings. The van der Waals surface area contributed by atoms with Crippen molar-refractivity contribution in [2.75, 3.05) is 39.0 Å². The Morgan fingerprint density at radius 2 is 1.94 bits per heavy atom. The van der Waals surface area contributed by atoms with E-state index in [9.17, 15) is 9.18 Å². The third-order valence-electron chi connectivity index (χ3n) is 7.32. The number of fused-ring (bicyclic) bond motifs is 1. The molecule has 1 aromatic carbocycles. The second-order valence-electron chi connectivity index (χ2n) is 9.65. The highest BCUT2D eigenvalue weighted by Gasteiger charge is 2.44. The smallest absolute Gasteiger partial charge is 0.225 e. The third kappa shape index (κ3) is 5.07. The maximum absolute atomic E-state index is 13.8. The van der Waals surface area contributed by atoms with Gasteiger partial charge in [0, 0.05) is 68.3 Å². The first-order chi connectivity index (χ1) is 16.9. The van der Waals surface area contributed by atoms with Crippen LogP contribution in [0.3, 0.4) is 0 Å². The summed E-state index contributed by atoms with van der Waals surface area (Å²) in [6.07, 6.45) is 7.14. The third-order valence-corrected chi connectivity index (χ3v) is 7.32. The molecule has 186 valence electrons. The van der Waals surface area contributed by atoms with Crippen molar-refractivity contribution in [2.24, 2.45) is 11.1 Å². The van der Waals surface area contributed by atoms with Crippen LogP contribution >= 0.6 is 0 Å². The second-order valence-corrected chi connectivity index (χ2v) is 9.65. The van der Waals surface area contributed by atoms with Crippen LogP contribution in [0.4, 0.5) is 10.3 Å². The predicted molar refractivity (Wildman–Crippen MR) is 128 cm³/mol. The van der Waals surface area contributed by atoms with Gasteiger partial charge >= 0.3 is 0 Å². The van der Waals surface area contributed by atoms with Crippen molar-refractivity contribution in [1.82, 2.24) is 19.8 Å². The van der Waals surface area contributed by atoms with Gasteiger partial charge in [0.2, 0.25) is 11.9 Å². The Hall–Kier alpha value is -3.27. The van der Waals surface area contributed by atoms with E-state index in [0.717, 1.165) is 38.0 Å². The number of amides is 1. The first-order valence-corrected chi connectivity index (χ1v) is 12.1. The number of oxime groups is 1. The van der Waals surface area contributed by atoms with Crippen LogP contribution in [-0.4, -0.2) is 70.3 Å². The maximum atomic E-state index is 13.8. The summed E-state index contributed by atoms with van der Waals surface area (Å²) >= 11 is 0. The minimum absolute atomic E-state index is 0.0459. The fraction of sp³-hybridized carbons (Fsp3) is 0.520. The summed E-state index contributed by atoms with van der Waals surface area (Å²) in [6.45, 7) is 3.77. The number of rotatable bonds is 4. The molecule has 10 heteroatoms. The lowest BCUT2D eigenvalue weighted by atomic mass is 9.81. The van der Waals surface area contributed by atoms with E-state index in [4.69, 9.17) is 15.3 Å². The Kier molecular flexibility index (Phi) is 6.55. The number of hydrogen-bond donors (Lipinski definition) is 1. The molecule has 4 heterocycles. The Morgan fingerprint density at radius 1 is 1.23 bits per heavy atom. The number of nitrogen functional groups attached to an aromatic ring is 1. The number of benzene rings is 1. The lowest BCUT2D eigenvalue weighted by Gasteiger charge is -2.45. The molecule has 0 bridgehead atoms. The second kappa shape index (κ2) is 9.77. The first-order valence-electron chi connectivity index (χ1n) is 12.1. The highest BCUT2D eigenvalue weighted by molar-refractivity contribution is 6.04. The van der Waals surface area contributed by atoms with Crippen molar-refractivity contribution in [1.29, 1.82) is 0 Å². The molecule has 0 saturated carbocycles. The molecule has 0 unspecified atom stereocenters. The van der Waals surface area contributed by atoms with Gasteiger partial charge in [-0.1, -0.05) is 5.16 Å². The SMILES string of the molecule is CO/N=C1\CC2(CCN(C(=O)C3CCN(Cc4cnc(N)nc4)CC3)CC2)Oc2ccc(F)cc21. The van der Waals surface area contributed by atoms with Gasteiger partial charge in [0.05, 0.1) is 5.71 Å². The summed E-state index contributed by atoms with van der Waals surface area (Å²) in [7, 11) is 1.49. The molecule has 3 aliphatic heterocycles. The molecule has 1 amide bonds. The number of carbonyl (C=O) groups is 1. The highest BCUT2D eigenvalue weighted by atomic mass is 19.1. The molecular weight excluding hydrogens is 451 g/mol. The Balaban J connectivity index is 1.16. The Labute approximate surface area is 204 Å². The molecule has 3 aliphatic rings. The van der Waals surface area contributed by atoms with Crippen molar-refractivity contribution in [2.45, 2.75) is 44.2 Å².